The van der Waals surface area contributed by atoms with Gasteiger partial charge in [0.1, 0.15) is 6.04 Å². The van der Waals surface area contributed by atoms with Crippen molar-refractivity contribution < 1.29 is 9.59 Å². The van der Waals surface area contributed by atoms with E-state index in [1.165, 1.54) is 11.1 Å². The van der Waals surface area contributed by atoms with Crippen molar-refractivity contribution in [3.63, 3.8) is 0 Å². The maximum absolute atomic E-state index is 13.1. The lowest BCUT2D eigenvalue weighted by Crippen LogP contribution is -2.55. The Balaban J connectivity index is 0.000000620. The number of nitrogens with one attached hydrogen (secondary N) is 2. The second-order valence-electron chi connectivity index (χ2n) is 11.8. The van der Waals surface area contributed by atoms with E-state index in [1.807, 2.05) is 66.7 Å². The fourth-order valence-corrected chi connectivity index (χ4v) is 5.05. The third-order valence-electron chi connectivity index (χ3n) is 7.60. The lowest BCUT2D eigenvalue weighted by molar-refractivity contribution is -0.142. The number of amides is 2. The second-order valence-corrected chi connectivity index (χ2v) is 11.8. The summed E-state index contributed by atoms with van der Waals surface area (Å²) < 4.78 is 0. The van der Waals surface area contributed by atoms with E-state index in [2.05, 4.69) is 65.5 Å². The SMILES string of the molecule is C=CCc1ccc(CN)cc1.CC.CC=N/C(C)=C(\C)c1ccc(CNC(=O)C2CCCN2C(=O)C(NC)C(C)(C)C)cc1. The summed E-state index contributed by atoms with van der Waals surface area (Å²) in [6, 6.07) is 15.7. The van der Waals surface area contributed by atoms with Gasteiger partial charge in [-0.15, -0.1) is 6.58 Å². The van der Waals surface area contributed by atoms with Gasteiger partial charge < -0.3 is 21.3 Å². The third-order valence-corrected chi connectivity index (χ3v) is 7.60. The van der Waals surface area contributed by atoms with E-state index < -0.39 is 6.04 Å². The van der Waals surface area contributed by atoms with Crippen molar-refractivity contribution >= 4 is 23.6 Å². The van der Waals surface area contributed by atoms with Crippen LogP contribution in [0, 0.1) is 5.41 Å². The topological polar surface area (TPSA) is 99.8 Å². The highest BCUT2D eigenvalue weighted by Gasteiger charge is 2.40. The van der Waals surface area contributed by atoms with Crippen LogP contribution in [0.15, 0.2) is 71.9 Å². The van der Waals surface area contributed by atoms with E-state index in [0.29, 0.717) is 26.1 Å². The first-order chi connectivity index (χ1) is 21.0. The lowest BCUT2D eigenvalue weighted by Gasteiger charge is -2.34. The molecule has 0 saturated carbocycles. The Bertz CT molecular complexity index is 1220. The van der Waals surface area contributed by atoms with Gasteiger partial charge in [0.25, 0.3) is 0 Å². The Morgan fingerprint density at radius 3 is 2.11 bits per heavy atom. The minimum absolute atomic E-state index is 0.00405. The Morgan fingerprint density at radius 1 is 1.05 bits per heavy atom. The van der Waals surface area contributed by atoms with Gasteiger partial charge >= 0.3 is 0 Å². The summed E-state index contributed by atoms with van der Waals surface area (Å²) in [5.74, 6) is -0.0766. The van der Waals surface area contributed by atoms with E-state index in [0.717, 1.165) is 35.2 Å². The van der Waals surface area contributed by atoms with Gasteiger partial charge in [0.15, 0.2) is 0 Å². The van der Waals surface area contributed by atoms with Gasteiger partial charge in [0, 0.05) is 31.5 Å². The molecule has 7 heteroatoms. The lowest BCUT2D eigenvalue weighted by atomic mass is 9.86. The highest BCUT2D eigenvalue weighted by Crippen LogP contribution is 2.26. The standard InChI is InChI=1S/C25H38N4O2.C10H13N.C2H6/c1-8-27-18(3)17(2)20-13-11-19(12-14-20)16-28-23(30)21-10-9-15-29(21)24(31)22(26-7)25(4,5)6;1-2-3-9-4-6-10(8-11)7-5-9;1-2/h8,11-14,21-22,26H,9-10,15-16H2,1-7H3,(H,28,30);2,4-7H,1,3,8,11H2;1-2H3/b18-17+,27-8?;;. The summed E-state index contributed by atoms with van der Waals surface area (Å²) in [6.07, 6.45) is 6.19. The molecule has 0 aromatic heterocycles. The average molecular weight is 604 g/mol. The molecule has 0 aliphatic carbocycles. The van der Waals surface area contributed by atoms with Crippen molar-refractivity contribution in [1.82, 2.24) is 15.5 Å². The number of carbonyl (C=O) groups excluding carboxylic acids is 2. The van der Waals surface area contributed by atoms with Gasteiger partial charge in [-0.1, -0.05) is 89.2 Å². The van der Waals surface area contributed by atoms with Gasteiger partial charge in [-0.05, 0) is 80.3 Å². The van der Waals surface area contributed by atoms with Gasteiger partial charge in [0.05, 0.1) is 6.04 Å². The molecule has 1 fully saturated rings. The number of allylic oxidation sites excluding steroid dienone is 3. The molecule has 0 radical (unpaired) electrons. The van der Waals surface area contributed by atoms with Crippen LogP contribution in [0.1, 0.15) is 90.5 Å². The van der Waals surface area contributed by atoms with Crippen LogP contribution in [0.4, 0.5) is 0 Å². The van der Waals surface area contributed by atoms with Crippen LogP contribution in [0.5, 0.6) is 0 Å². The molecule has 2 aromatic rings. The van der Waals surface area contributed by atoms with Crippen LogP contribution < -0.4 is 16.4 Å². The zero-order valence-electron chi connectivity index (χ0n) is 28.7. The quantitative estimate of drug-likeness (QED) is 0.209. The smallest absolute Gasteiger partial charge is 0.243 e. The second kappa shape index (κ2) is 19.7. The molecular weight excluding hydrogens is 546 g/mol. The molecule has 2 aromatic carbocycles. The molecule has 2 amide bonds. The molecule has 44 heavy (non-hydrogen) atoms. The molecule has 7 nitrogen and oxygen atoms in total. The molecule has 1 aliphatic heterocycles. The van der Waals surface area contributed by atoms with E-state index in [1.54, 1.807) is 18.2 Å². The summed E-state index contributed by atoms with van der Waals surface area (Å²) in [4.78, 5) is 32.1. The Morgan fingerprint density at radius 2 is 1.61 bits per heavy atom. The van der Waals surface area contributed by atoms with Crippen LogP contribution in [0.2, 0.25) is 0 Å². The predicted octanol–water partition coefficient (Wildman–Crippen LogP) is 6.67. The summed E-state index contributed by atoms with van der Waals surface area (Å²) >= 11 is 0. The molecule has 2 unspecified atom stereocenters. The average Bonchev–Trinajstić information content (AvgIpc) is 3.52. The van der Waals surface area contributed by atoms with Crippen LogP contribution in [0.3, 0.4) is 0 Å². The van der Waals surface area contributed by atoms with Crippen molar-refractivity contribution in [2.45, 2.75) is 99.8 Å². The number of hydrogen-bond acceptors (Lipinski definition) is 5. The number of hydrogen-bond donors (Lipinski definition) is 3. The molecule has 0 bridgehead atoms. The number of nitrogens with zero attached hydrogens (tertiary/aromatic N) is 2. The first-order valence-electron chi connectivity index (χ1n) is 15.9. The molecule has 2 atom stereocenters. The first-order valence-corrected chi connectivity index (χ1v) is 15.9. The van der Waals surface area contributed by atoms with Crippen LogP contribution in [-0.2, 0) is 29.1 Å². The Hall–Kier alpha value is -3.55. The van der Waals surface area contributed by atoms with E-state index >= 15 is 0 Å². The first kappa shape index (κ1) is 38.5. The van der Waals surface area contributed by atoms with Crippen molar-refractivity contribution in [2.75, 3.05) is 13.6 Å². The Kier molecular flexibility index (Phi) is 17.2. The Labute approximate surface area is 267 Å². The fourth-order valence-electron chi connectivity index (χ4n) is 5.05. The number of carbonyl (C=O) groups is 2. The van der Waals surface area contributed by atoms with Crippen LogP contribution >= 0.6 is 0 Å². The maximum Gasteiger partial charge on any atom is 0.243 e. The number of aliphatic imine (C=N–C) groups is 1. The number of likely N-dealkylation sites (tertiary alicyclic amines) is 1. The maximum atomic E-state index is 13.1. The van der Waals surface area contributed by atoms with Gasteiger partial charge in [-0.2, -0.15) is 0 Å². The molecule has 0 spiro atoms. The minimum Gasteiger partial charge on any atom is -0.350 e. The largest absolute Gasteiger partial charge is 0.350 e. The highest BCUT2D eigenvalue weighted by atomic mass is 16.2. The normalized spacial score (nSPS) is 15.8. The predicted molar refractivity (Wildman–Crippen MR) is 187 cm³/mol. The van der Waals surface area contributed by atoms with Crippen molar-refractivity contribution in [3.05, 3.63) is 89.1 Å². The molecule has 1 saturated heterocycles. The van der Waals surface area contributed by atoms with E-state index in [9.17, 15) is 9.59 Å². The van der Waals surface area contributed by atoms with Crippen LogP contribution in [-0.4, -0.2) is 48.6 Å². The van der Waals surface area contributed by atoms with Crippen molar-refractivity contribution in [3.8, 4) is 0 Å². The van der Waals surface area contributed by atoms with Crippen molar-refractivity contribution in [2.24, 2.45) is 16.1 Å². The molecule has 4 N–H and O–H groups in total. The number of rotatable bonds is 10. The minimum atomic E-state index is -0.398. The molecule has 1 heterocycles. The summed E-state index contributed by atoms with van der Waals surface area (Å²) in [6.45, 7) is 21.4. The monoisotopic (exact) mass is 603 g/mol. The fraction of sp³-hybridized carbons (Fsp3) is 0.486. The van der Waals surface area contributed by atoms with E-state index in [-0.39, 0.29) is 23.3 Å². The van der Waals surface area contributed by atoms with Crippen LogP contribution in [0.25, 0.3) is 5.57 Å². The van der Waals surface area contributed by atoms with Gasteiger partial charge in [-0.3, -0.25) is 14.6 Å². The summed E-state index contributed by atoms with van der Waals surface area (Å²) in [5.41, 5.74) is 12.0. The highest BCUT2D eigenvalue weighted by molar-refractivity contribution is 5.90. The molecule has 3 rings (SSSR count). The summed E-state index contributed by atoms with van der Waals surface area (Å²) in [5, 5.41) is 6.16. The molecular formula is C37H57N5O2. The zero-order valence-corrected chi connectivity index (χ0v) is 28.7. The molecule has 242 valence electrons. The van der Waals surface area contributed by atoms with Crippen molar-refractivity contribution in [1.29, 1.82) is 0 Å². The number of benzene rings is 2. The number of nitrogens with two attached hydrogens (primary N) is 1. The molecule has 1 aliphatic rings. The third kappa shape index (κ3) is 11.9. The van der Waals surface area contributed by atoms with E-state index in [4.69, 9.17) is 5.73 Å². The summed E-state index contributed by atoms with van der Waals surface area (Å²) in [7, 11) is 1.80. The zero-order chi connectivity index (χ0) is 33.3. The van der Waals surface area contributed by atoms with Gasteiger partial charge in [-0.25, -0.2) is 0 Å². The number of likely N-dealkylation sites (N-methyl/N-ethyl adjacent to an activating group) is 1. The van der Waals surface area contributed by atoms with Gasteiger partial charge in [0.2, 0.25) is 11.8 Å².